The van der Waals surface area contributed by atoms with Gasteiger partial charge in [-0.05, 0) is 78.9 Å². The largest absolute Gasteiger partial charge is 0.253 e. The van der Waals surface area contributed by atoms with Gasteiger partial charge in [-0.3, -0.25) is 9.97 Å². The van der Waals surface area contributed by atoms with Crippen LogP contribution in [0.25, 0.3) is 22.5 Å². The molecule has 0 saturated carbocycles. The molecule has 2 nitrogen and oxygen atoms in total. The zero-order valence-electron chi connectivity index (χ0n) is 15.8. The molecule has 3 heteroatoms. The van der Waals surface area contributed by atoms with Gasteiger partial charge >= 0.3 is 0 Å². The molecule has 0 aliphatic carbocycles. The molecule has 0 amide bonds. The predicted molar refractivity (Wildman–Crippen MR) is 121 cm³/mol. The summed E-state index contributed by atoms with van der Waals surface area (Å²) in [6, 6.07) is 27.5. The van der Waals surface area contributed by atoms with Crippen molar-refractivity contribution in [3.63, 3.8) is 0 Å². The topological polar surface area (TPSA) is 25.8 Å². The third-order valence-electron chi connectivity index (χ3n) is 5.06. The van der Waals surface area contributed by atoms with E-state index < -0.39 is 0 Å². The SMILES string of the molecule is Brc1cc2cc(c1)-c1cccc(n1)[CH]c1cccc(c1)-c1cccc(n1)C[CH]C2. The Morgan fingerprint density at radius 3 is 2.45 bits per heavy atom. The molecule has 2 radical (unpaired) electrons. The summed E-state index contributed by atoms with van der Waals surface area (Å²) in [5.41, 5.74) is 8.65. The van der Waals surface area contributed by atoms with Gasteiger partial charge in [-0.2, -0.15) is 0 Å². The van der Waals surface area contributed by atoms with Crippen molar-refractivity contribution in [1.29, 1.82) is 0 Å². The quantitative estimate of drug-likeness (QED) is 0.314. The summed E-state index contributed by atoms with van der Waals surface area (Å²) < 4.78 is 1.07. The van der Waals surface area contributed by atoms with E-state index in [9.17, 15) is 0 Å². The molecule has 0 saturated heterocycles. The first-order valence-electron chi connectivity index (χ1n) is 9.73. The Labute approximate surface area is 179 Å². The van der Waals surface area contributed by atoms with Crippen molar-refractivity contribution in [1.82, 2.24) is 9.97 Å². The molecule has 0 fully saturated rings. The van der Waals surface area contributed by atoms with Crippen LogP contribution in [0.5, 0.6) is 0 Å². The minimum Gasteiger partial charge on any atom is -0.253 e. The Balaban J connectivity index is 1.63. The number of nitrogens with zero attached hydrogens (tertiary/aromatic N) is 2. The average Bonchev–Trinajstić information content (AvgIpc) is 2.73. The van der Waals surface area contributed by atoms with E-state index in [1.54, 1.807) is 0 Å². The van der Waals surface area contributed by atoms with E-state index in [-0.39, 0.29) is 0 Å². The number of fused-ring (bicyclic) bond motifs is 10. The maximum atomic E-state index is 4.89. The van der Waals surface area contributed by atoms with Crippen molar-refractivity contribution in [2.45, 2.75) is 12.8 Å². The van der Waals surface area contributed by atoms with Gasteiger partial charge in [0.2, 0.25) is 0 Å². The van der Waals surface area contributed by atoms with Crippen LogP contribution in [0, 0.1) is 12.8 Å². The van der Waals surface area contributed by atoms with Crippen LogP contribution in [0.1, 0.15) is 22.5 Å². The number of hydrogen-bond acceptors (Lipinski definition) is 2. The molecule has 29 heavy (non-hydrogen) atoms. The zero-order chi connectivity index (χ0) is 19.6. The molecule has 2 aromatic heterocycles. The molecule has 8 bridgehead atoms. The van der Waals surface area contributed by atoms with Crippen LogP contribution in [-0.2, 0) is 12.8 Å². The van der Waals surface area contributed by atoms with Crippen molar-refractivity contribution < 1.29 is 0 Å². The van der Waals surface area contributed by atoms with Gasteiger partial charge in [0.15, 0.2) is 0 Å². The van der Waals surface area contributed by atoms with Crippen LogP contribution in [0.2, 0.25) is 0 Å². The second kappa shape index (κ2) is 7.92. The molecule has 0 N–H and O–H groups in total. The summed E-state index contributed by atoms with van der Waals surface area (Å²) >= 11 is 3.66. The molecule has 1 aliphatic heterocycles. The van der Waals surface area contributed by atoms with E-state index in [0.717, 1.165) is 56.8 Å². The average molecular weight is 439 g/mol. The van der Waals surface area contributed by atoms with Gasteiger partial charge < -0.3 is 0 Å². The first-order valence-corrected chi connectivity index (χ1v) is 10.5. The highest BCUT2D eigenvalue weighted by molar-refractivity contribution is 9.10. The lowest BCUT2D eigenvalue weighted by atomic mass is 10.0. The lowest BCUT2D eigenvalue weighted by Crippen LogP contribution is -1.98. The lowest BCUT2D eigenvalue weighted by molar-refractivity contribution is 0.981. The van der Waals surface area contributed by atoms with Crippen molar-refractivity contribution in [3.05, 3.63) is 119 Å². The van der Waals surface area contributed by atoms with Crippen LogP contribution >= 0.6 is 15.9 Å². The van der Waals surface area contributed by atoms with Crippen molar-refractivity contribution in [2.24, 2.45) is 0 Å². The zero-order valence-corrected chi connectivity index (χ0v) is 17.4. The fraction of sp³-hybridized carbons (Fsp3) is 0.0769. The van der Waals surface area contributed by atoms with Crippen LogP contribution in [0.4, 0.5) is 0 Å². The third-order valence-corrected chi connectivity index (χ3v) is 5.52. The smallest absolute Gasteiger partial charge is 0.0706 e. The van der Waals surface area contributed by atoms with E-state index in [2.05, 4.69) is 102 Å². The summed E-state index contributed by atoms with van der Waals surface area (Å²) in [4.78, 5) is 9.77. The normalized spacial score (nSPS) is 13.1. The van der Waals surface area contributed by atoms with Gasteiger partial charge in [-0.1, -0.05) is 46.3 Å². The molecular formula is C26H19BrN2. The van der Waals surface area contributed by atoms with Gasteiger partial charge in [-0.25, -0.2) is 0 Å². The highest BCUT2D eigenvalue weighted by Gasteiger charge is 2.09. The second-order valence-corrected chi connectivity index (χ2v) is 8.19. The molecular weight excluding hydrogens is 420 g/mol. The van der Waals surface area contributed by atoms with Gasteiger partial charge in [0.25, 0.3) is 0 Å². The number of benzene rings is 2. The summed E-state index contributed by atoms with van der Waals surface area (Å²) in [6.45, 7) is 0. The molecule has 0 spiro atoms. The van der Waals surface area contributed by atoms with E-state index in [1.807, 2.05) is 6.07 Å². The Kier molecular flexibility index (Phi) is 4.99. The molecule has 4 aromatic rings. The Hall–Kier alpha value is -2.78. The minimum absolute atomic E-state index is 0.842. The molecule has 0 unspecified atom stereocenters. The maximum absolute atomic E-state index is 4.89. The first-order chi connectivity index (χ1) is 14.2. The second-order valence-electron chi connectivity index (χ2n) is 7.28. The van der Waals surface area contributed by atoms with Crippen LogP contribution in [-0.4, -0.2) is 9.97 Å². The van der Waals surface area contributed by atoms with Gasteiger partial charge in [0.05, 0.1) is 11.4 Å². The van der Waals surface area contributed by atoms with Crippen molar-refractivity contribution in [3.8, 4) is 22.5 Å². The van der Waals surface area contributed by atoms with E-state index in [4.69, 9.17) is 9.97 Å². The highest BCUT2D eigenvalue weighted by Crippen LogP contribution is 2.27. The summed E-state index contributed by atoms with van der Waals surface area (Å²) in [6.07, 6.45) is 6.14. The molecule has 140 valence electrons. The molecule has 1 aliphatic rings. The lowest BCUT2D eigenvalue weighted by Gasteiger charge is -2.11. The Morgan fingerprint density at radius 2 is 1.52 bits per heavy atom. The van der Waals surface area contributed by atoms with Crippen LogP contribution in [0.15, 0.2) is 83.3 Å². The monoisotopic (exact) mass is 438 g/mol. The summed E-state index contributed by atoms with van der Waals surface area (Å²) in [7, 11) is 0. The van der Waals surface area contributed by atoms with Crippen molar-refractivity contribution >= 4 is 15.9 Å². The number of halogens is 1. The first kappa shape index (κ1) is 18.3. The fourth-order valence-electron chi connectivity index (χ4n) is 3.71. The maximum Gasteiger partial charge on any atom is 0.0706 e. The molecule has 5 rings (SSSR count). The number of pyridine rings is 2. The van der Waals surface area contributed by atoms with Crippen LogP contribution in [0.3, 0.4) is 0 Å². The molecule has 0 atom stereocenters. The number of hydrogen-bond donors (Lipinski definition) is 0. The molecule has 3 heterocycles. The summed E-state index contributed by atoms with van der Waals surface area (Å²) in [5.74, 6) is 0. The highest BCUT2D eigenvalue weighted by atomic mass is 79.9. The predicted octanol–water partition coefficient (Wildman–Crippen LogP) is 6.48. The van der Waals surface area contributed by atoms with Gasteiger partial charge in [0.1, 0.15) is 0 Å². The Bertz CT molecular complexity index is 1180. The number of rotatable bonds is 0. The minimum atomic E-state index is 0.842. The molecule has 2 aromatic carbocycles. The standard InChI is InChI=1S/C26H19BrN2/c27-22-15-18-6-2-8-23-9-3-11-25(28-23)20-7-1-5-19(13-20)16-24-10-4-12-26(29-24)21(14-18)17-22/h1-5,7,9-17H,6,8H2. The Morgan fingerprint density at radius 1 is 0.690 bits per heavy atom. The number of aromatic nitrogens is 2. The van der Waals surface area contributed by atoms with Crippen molar-refractivity contribution in [2.75, 3.05) is 0 Å². The van der Waals surface area contributed by atoms with E-state index in [0.29, 0.717) is 0 Å². The third kappa shape index (κ3) is 4.15. The van der Waals surface area contributed by atoms with Gasteiger partial charge in [-0.15, -0.1) is 0 Å². The van der Waals surface area contributed by atoms with E-state index in [1.165, 1.54) is 5.56 Å². The van der Waals surface area contributed by atoms with Gasteiger partial charge in [0, 0.05) is 33.4 Å². The van der Waals surface area contributed by atoms with Crippen LogP contribution < -0.4 is 0 Å². The summed E-state index contributed by atoms with van der Waals surface area (Å²) in [5, 5.41) is 0. The fourth-order valence-corrected chi connectivity index (χ4v) is 4.25. The van der Waals surface area contributed by atoms with E-state index >= 15 is 0 Å².